The van der Waals surface area contributed by atoms with Gasteiger partial charge >= 0.3 is 0 Å². The molecule has 0 fully saturated rings. The van der Waals surface area contributed by atoms with Crippen LogP contribution in [0, 0.1) is 3.57 Å². The Hall–Kier alpha value is -0.670. The molecular formula is C12H14BrIN2O3. The molecule has 0 atom stereocenters. The lowest BCUT2D eigenvalue weighted by molar-refractivity contribution is -0.120. The van der Waals surface area contributed by atoms with Crippen molar-refractivity contribution < 1.29 is 14.3 Å². The number of halogens is 2. The summed E-state index contributed by atoms with van der Waals surface area (Å²) in [6, 6.07) is 5.44. The quantitative estimate of drug-likeness (QED) is 0.521. The molecule has 5 nitrogen and oxygen atoms in total. The molecule has 1 rings (SSSR count). The summed E-state index contributed by atoms with van der Waals surface area (Å²) >= 11 is 5.43. The first-order chi connectivity index (χ1) is 9.04. The van der Waals surface area contributed by atoms with Crippen LogP contribution in [0.25, 0.3) is 0 Å². The van der Waals surface area contributed by atoms with Crippen LogP contribution >= 0.6 is 38.5 Å². The van der Waals surface area contributed by atoms with Crippen LogP contribution in [0.15, 0.2) is 22.7 Å². The Balaban J connectivity index is 2.47. The number of amides is 2. The number of carbonyl (C=O) groups is 2. The van der Waals surface area contributed by atoms with Gasteiger partial charge in [0.25, 0.3) is 5.91 Å². The van der Waals surface area contributed by atoms with E-state index < -0.39 is 0 Å². The number of rotatable bonds is 6. The number of methoxy groups -OCH3 is 1. The fourth-order valence-electron chi connectivity index (χ4n) is 1.28. The molecule has 19 heavy (non-hydrogen) atoms. The second-order valence-electron chi connectivity index (χ2n) is 3.65. The first-order valence-corrected chi connectivity index (χ1v) is 7.40. The van der Waals surface area contributed by atoms with Gasteiger partial charge in [0.15, 0.2) is 0 Å². The van der Waals surface area contributed by atoms with E-state index in [0.717, 1.165) is 3.57 Å². The van der Waals surface area contributed by atoms with Crippen molar-refractivity contribution in [2.24, 2.45) is 0 Å². The summed E-state index contributed by atoms with van der Waals surface area (Å²) in [5.74, 6) is -0.528. The van der Waals surface area contributed by atoms with Crippen molar-refractivity contribution in [2.45, 2.75) is 0 Å². The predicted octanol–water partition coefficient (Wildman–Crippen LogP) is 1.55. The average molecular weight is 441 g/mol. The Morgan fingerprint density at radius 3 is 2.79 bits per heavy atom. The Kier molecular flexibility index (Phi) is 7.32. The van der Waals surface area contributed by atoms with Crippen LogP contribution in [0.4, 0.5) is 0 Å². The molecule has 0 heterocycles. The lowest BCUT2D eigenvalue weighted by Crippen LogP contribution is -2.38. The minimum Gasteiger partial charge on any atom is -0.383 e. The molecular weight excluding hydrogens is 427 g/mol. The van der Waals surface area contributed by atoms with Crippen LogP contribution in [-0.2, 0) is 9.53 Å². The molecule has 1 aromatic rings. The monoisotopic (exact) mass is 440 g/mol. The van der Waals surface area contributed by atoms with E-state index in [1.54, 1.807) is 19.2 Å². The summed E-state index contributed by atoms with van der Waals surface area (Å²) in [6.45, 7) is 0.820. The zero-order valence-corrected chi connectivity index (χ0v) is 14.1. The van der Waals surface area contributed by atoms with E-state index in [1.165, 1.54) is 0 Å². The molecule has 0 saturated heterocycles. The van der Waals surface area contributed by atoms with Crippen molar-refractivity contribution in [3.05, 3.63) is 31.8 Å². The fraction of sp³-hybridized carbons (Fsp3) is 0.333. The standard InChI is InChI=1S/C12H14BrIN2O3/c1-19-5-4-15-11(17)7-16-12(18)9-6-8(14)2-3-10(9)13/h2-3,6H,4-5,7H2,1H3,(H,15,17)(H,16,18). The van der Waals surface area contributed by atoms with Crippen LogP contribution in [0.2, 0.25) is 0 Å². The highest BCUT2D eigenvalue weighted by Crippen LogP contribution is 2.19. The molecule has 7 heteroatoms. The molecule has 0 spiro atoms. The molecule has 0 radical (unpaired) electrons. The van der Waals surface area contributed by atoms with Gasteiger partial charge in [-0.1, -0.05) is 0 Å². The maximum absolute atomic E-state index is 11.9. The van der Waals surface area contributed by atoms with E-state index >= 15 is 0 Å². The molecule has 0 aromatic heterocycles. The van der Waals surface area contributed by atoms with Gasteiger partial charge in [0, 0.05) is 21.7 Å². The highest BCUT2D eigenvalue weighted by molar-refractivity contribution is 14.1. The van der Waals surface area contributed by atoms with Crippen LogP contribution in [0.3, 0.4) is 0 Å². The molecule has 0 aliphatic rings. The average Bonchev–Trinajstić information content (AvgIpc) is 2.39. The number of hydrogen-bond acceptors (Lipinski definition) is 3. The van der Waals surface area contributed by atoms with Gasteiger partial charge in [0.05, 0.1) is 18.7 Å². The second-order valence-corrected chi connectivity index (χ2v) is 5.75. The minimum absolute atomic E-state index is 0.0551. The van der Waals surface area contributed by atoms with E-state index in [-0.39, 0.29) is 18.4 Å². The number of benzene rings is 1. The van der Waals surface area contributed by atoms with Gasteiger partial charge < -0.3 is 15.4 Å². The normalized spacial score (nSPS) is 10.1. The van der Waals surface area contributed by atoms with Gasteiger partial charge in [-0.25, -0.2) is 0 Å². The van der Waals surface area contributed by atoms with Crippen molar-refractivity contribution in [3.8, 4) is 0 Å². The lowest BCUT2D eigenvalue weighted by Gasteiger charge is -2.08. The summed E-state index contributed by atoms with van der Waals surface area (Å²) in [6.07, 6.45) is 0. The zero-order chi connectivity index (χ0) is 14.3. The molecule has 104 valence electrons. The van der Waals surface area contributed by atoms with Crippen molar-refractivity contribution in [3.63, 3.8) is 0 Å². The maximum Gasteiger partial charge on any atom is 0.252 e. The number of nitrogens with one attached hydrogen (secondary N) is 2. The number of carbonyl (C=O) groups excluding carboxylic acids is 2. The highest BCUT2D eigenvalue weighted by Gasteiger charge is 2.11. The van der Waals surface area contributed by atoms with Gasteiger partial charge in [-0.15, -0.1) is 0 Å². The molecule has 1 aromatic carbocycles. The van der Waals surface area contributed by atoms with Crippen molar-refractivity contribution in [1.82, 2.24) is 10.6 Å². The van der Waals surface area contributed by atoms with Gasteiger partial charge in [-0.3, -0.25) is 9.59 Å². The number of hydrogen-bond donors (Lipinski definition) is 2. The van der Waals surface area contributed by atoms with Crippen molar-refractivity contribution >= 4 is 50.3 Å². The van der Waals surface area contributed by atoms with E-state index in [1.807, 2.05) is 6.07 Å². The van der Waals surface area contributed by atoms with Gasteiger partial charge in [-0.2, -0.15) is 0 Å². The lowest BCUT2D eigenvalue weighted by atomic mass is 10.2. The third-order valence-electron chi connectivity index (χ3n) is 2.21. The molecule has 2 N–H and O–H groups in total. The van der Waals surface area contributed by atoms with Crippen LogP contribution in [0.1, 0.15) is 10.4 Å². The third-order valence-corrected chi connectivity index (χ3v) is 3.57. The highest BCUT2D eigenvalue weighted by atomic mass is 127. The van der Waals surface area contributed by atoms with Gasteiger partial charge in [0.1, 0.15) is 0 Å². The van der Waals surface area contributed by atoms with Crippen LogP contribution in [-0.4, -0.2) is 38.6 Å². The molecule has 0 unspecified atom stereocenters. The summed E-state index contributed by atoms with van der Waals surface area (Å²) in [4.78, 5) is 23.3. The minimum atomic E-state index is -0.285. The summed E-state index contributed by atoms with van der Waals surface area (Å²) in [5, 5.41) is 5.19. The number of ether oxygens (including phenoxy) is 1. The molecule has 2 amide bonds. The molecule has 0 saturated carbocycles. The topological polar surface area (TPSA) is 67.4 Å². The first kappa shape index (κ1) is 16.4. The fourth-order valence-corrected chi connectivity index (χ4v) is 2.20. The third kappa shape index (κ3) is 5.87. The van der Waals surface area contributed by atoms with E-state index in [4.69, 9.17) is 4.74 Å². The predicted molar refractivity (Wildman–Crippen MR) is 84.1 cm³/mol. The van der Waals surface area contributed by atoms with Crippen molar-refractivity contribution in [1.29, 1.82) is 0 Å². The van der Waals surface area contributed by atoms with E-state index in [2.05, 4.69) is 49.2 Å². The largest absolute Gasteiger partial charge is 0.383 e. The molecule has 0 bridgehead atoms. The van der Waals surface area contributed by atoms with E-state index in [9.17, 15) is 9.59 Å². The Morgan fingerprint density at radius 1 is 1.37 bits per heavy atom. The zero-order valence-electron chi connectivity index (χ0n) is 10.3. The van der Waals surface area contributed by atoms with Gasteiger partial charge in [-0.05, 0) is 56.7 Å². The summed E-state index contributed by atoms with van der Waals surface area (Å²) in [7, 11) is 1.56. The Labute approximate surface area is 133 Å². The second kappa shape index (κ2) is 8.49. The van der Waals surface area contributed by atoms with Gasteiger partial charge in [0.2, 0.25) is 5.91 Å². The summed E-state index contributed by atoms with van der Waals surface area (Å²) in [5.41, 5.74) is 0.511. The van der Waals surface area contributed by atoms with Crippen LogP contribution < -0.4 is 10.6 Å². The van der Waals surface area contributed by atoms with Crippen molar-refractivity contribution in [2.75, 3.05) is 26.8 Å². The first-order valence-electron chi connectivity index (χ1n) is 5.53. The van der Waals surface area contributed by atoms with Crippen LogP contribution in [0.5, 0.6) is 0 Å². The SMILES string of the molecule is COCCNC(=O)CNC(=O)c1cc(I)ccc1Br. The smallest absolute Gasteiger partial charge is 0.252 e. The van der Waals surface area contributed by atoms with E-state index in [0.29, 0.717) is 23.2 Å². The summed E-state index contributed by atoms with van der Waals surface area (Å²) < 4.78 is 6.46. The Morgan fingerprint density at radius 2 is 2.11 bits per heavy atom. The molecule has 0 aliphatic heterocycles. The molecule has 0 aliphatic carbocycles. The maximum atomic E-state index is 11.9. The Bertz CT molecular complexity index is 468.